The molecule has 17 aromatic rings. The van der Waals surface area contributed by atoms with Crippen LogP contribution in [-0.2, 0) is 12.8 Å². The van der Waals surface area contributed by atoms with Crippen LogP contribution in [0.2, 0.25) is 0 Å². The molecule has 0 fully saturated rings. The maximum atomic E-state index is 9.48. The van der Waals surface area contributed by atoms with Crippen molar-refractivity contribution in [1.82, 2.24) is 0 Å². The Morgan fingerprint density at radius 1 is 0.277 bits per heavy atom. The Kier molecular flexibility index (Phi) is 6.98. The van der Waals surface area contributed by atoms with E-state index in [4.69, 9.17) is 31.8 Å². The zero-order valence-electron chi connectivity index (χ0n) is 69.7. The molecule has 0 saturated carbocycles. The summed E-state index contributed by atoms with van der Waals surface area (Å²) in [7, 11) is 0. The second-order valence-electron chi connectivity index (χ2n) is 20.1. The minimum Gasteiger partial charge on any atom is -0.456 e. The predicted molar refractivity (Wildman–Crippen MR) is 355 cm³/mol. The van der Waals surface area contributed by atoms with Gasteiger partial charge >= 0.3 is 0 Å². The van der Waals surface area contributed by atoms with Gasteiger partial charge in [-0.25, -0.2) is 0 Å². The fourth-order valence-electron chi connectivity index (χ4n) is 11.8. The normalized spacial score (nSPS) is 16.1. The third kappa shape index (κ3) is 8.48. The van der Waals surface area contributed by atoms with Crippen molar-refractivity contribution in [3.63, 3.8) is 0 Å². The largest absolute Gasteiger partial charge is 0.456 e. The highest BCUT2D eigenvalue weighted by Gasteiger charge is 2.22. The zero-order valence-corrected chi connectivity index (χ0v) is 43.7. The second-order valence-corrected chi connectivity index (χ2v) is 20.1. The second kappa shape index (κ2) is 20.2. The first kappa shape index (κ1) is 28.7. The van der Waals surface area contributed by atoms with Crippen LogP contribution < -0.4 is 0 Å². The minimum absolute atomic E-state index is 0.318. The number of benzene rings is 16. The van der Waals surface area contributed by atoms with Gasteiger partial charge in [0, 0.05) is 10.8 Å². The van der Waals surface area contributed by atoms with Crippen molar-refractivity contribution in [2.75, 3.05) is 0 Å². The van der Waals surface area contributed by atoms with Crippen LogP contribution in [0.5, 0.6) is 0 Å². The summed E-state index contributed by atoms with van der Waals surface area (Å²) in [5.41, 5.74) is 3.85. The van der Waals surface area contributed by atoms with Crippen LogP contribution in [0.3, 0.4) is 0 Å². The standard InChI is InChI=1S/C42H30.C40H24O/c1-3-13-33-25-30(20-21-31(33)11-1)27-42-39-18-7-5-16-37(39)41(38-17-6-8-19-40(38)42)26-29-10-9-15-34(24-29)36-23-22-32-12-2-4-14-35(32)28-36;1-2-13-27-24-37-35(23-26(27)12-1)40-34(21-10-22-36(40)41-37)39-32-18-7-5-16-30(32)38(31-17-6-8-19-33(31)39)29-20-9-14-25-11-3-4-15-28(25)29/h1-25,28H,26-27H2;1-24H/i1D,2D,3D,4D,5D,6D,7D,8D,9D,10D,11D,12D,13D,14D,15D,16D,17D,18D,19D,20D,21D,22D,23D,24D,25D,28D;. The average molecular weight is 1080 g/mol. The van der Waals surface area contributed by atoms with E-state index in [1.165, 1.54) is 70.7 Å². The van der Waals surface area contributed by atoms with Gasteiger partial charge in [-0.2, -0.15) is 0 Å². The van der Waals surface area contributed by atoms with Crippen LogP contribution in [0.15, 0.2) is 307 Å². The lowest BCUT2D eigenvalue weighted by Gasteiger charge is -2.19. The monoisotopic (exact) mass is 1080 g/mol. The average Bonchev–Trinajstić information content (AvgIpc) is 1.41. The van der Waals surface area contributed by atoms with Gasteiger partial charge in [0.05, 0.1) is 35.6 Å². The van der Waals surface area contributed by atoms with Crippen molar-refractivity contribution in [2.45, 2.75) is 12.8 Å². The first-order chi connectivity index (χ1) is 52.0. The Hall–Kier alpha value is -10.6. The molecule has 0 N–H and O–H groups in total. The molecule has 0 amide bonds. The molecule has 0 aliphatic heterocycles. The van der Waals surface area contributed by atoms with E-state index in [1.54, 1.807) is 0 Å². The highest BCUT2D eigenvalue weighted by molar-refractivity contribution is 6.27. The van der Waals surface area contributed by atoms with E-state index >= 15 is 0 Å². The fourth-order valence-corrected chi connectivity index (χ4v) is 11.8. The molecule has 388 valence electrons. The van der Waals surface area contributed by atoms with E-state index in [0.717, 1.165) is 16.6 Å². The summed E-state index contributed by atoms with van der Waals surface area (Å²) in [5, 5.41) is 8.55. The lowest BCUT2D eigenvalue weighted by atomic mass is 9.84. The van der Waals surface area contributed by atoms with Gasteiger partial charge in [-0.1, -0.05) is 278 Å². The Labute approximate surface area is 518 Å². The molecule has 0 saturated heterocycles. The molecule has 0 atom stereocenters. The van der Waals surface area contributed by atoms with Gasteiger partial charge in [0.1, 0.15) is 11.2 Å². The Balaban J connectivity index is 0.000000186. The van der Waals surface area contributed by atoms with Crippen LogP contribution >= 0.6 is 0 Å². The molecule has 1 nitrogen and oxygen atoms in total. The lowest BCUT2D eigenvalue weighted by molar-refractivity contribution is 0.669. The molecule has 0 bridgehead atoms. The molecule has 17 rings (SSSR count). The summed E-state index contributed by atoms with van der Waals surface area (Å²) in [6.45, 7) is 0. The van der Waals surface area contributed by atoms with E-state index in [2.05, 4.69) is 146 Å². The molecule has 0 aliphatic carbocycles. The van der Waals surface area contributed by atoms with Gasteiger partial charge in [-0.15, -0.1) is 0 Å². The molecule has 0 spiro atoms. The van der Waals surface area contributed by atoms with E-state index in [1.807, 2.05) is 0 Å². The molecule has 0 unspecified atom stereocenters. The van der Waals surface area contributed by atoms with Crippen molar-refractivity contribution < 1.29 is 40.1 Å². The smallest absolute Gasteiger partial charge is 0.136 e. The summed E-state index contributed by atoms with van der Waals surface area (Å²) in [6.07, 6.45) is -1.65. The third-order valence-electron chi connectivity index (χ3n) is 15.4. The van der Waals surface area contributed by atoms with Gasteiger partial charge < -0.3 is 4.42 Å². The number of fused-ring (bicyclic) bond motifs is 11. The van der Waals surface area contributed by atoms with Gasteiger partial charge in [0.2, 0.25) is 0 Å². The molecule has 16 aromatic carbocycles. The van der Waals surface area contributed by atoms with E-state index in [0.29, 0.717) is 0 Å². The molecule has 1 heterocycles. The molecule has 1 aromatic heterocycles. The van der Waals surface area contributed by atoms with Crippen LogP contribution in [-0.4, -0.2) is 0 Å². The maximum absolute atomic E-state index is 9.48. The SMILES string of the molecule is [2H]c1c([2H])c(Cc2c3c([2H])c([2H])c([2H])c([2H])c3c(Cc3c([2H])c([2H])c4c([2H])c([2H])c([2H])c([2H])c4c3[2H])c3c([2H])c([2H])c([2H])c([2H])c23)c([2H])c(-c2c([2H])c([2H])c3c([2H])c([2H])c([2H])c([2H])c3c2[2H])c1[2H].c1ccc2cc3c(cc2c1)oc1cccc(-c2c4ccccc4c(-c4cccc5ccccc45)c4ccccc24)c13. The van der Waals surface area contributed by atoms with Gasteiger partial charge in [0.15, 0.2) is 0 Å². The Bertz CT molecular complexity index is 6860. The van der Waals surface area contributed by atoms with E-state index in [9.17, 15) is 8.22 Å². The van der Waals surface area contributed by atoms with Gasteiger partial charge in [0.25, 0.3) is 0 Å². The lowest BCUT2D eigenvalue weighted by Crippen LogP contribution is -1.98. The summed E-state index contributed by atoms with van der Waals surface area (Å²) >= 11 is 0. The van der Waals surface area contributed by atoms with Crippen LogP contribution in [0.25, 0.3) is 141 Å². The Morgan fingerprint density at radius 3 is 1.39 bits per heavy atom. The quantitative estimate of drug-likeness (QED) is 0.145. The van der Waals surface area contributed by atoms with Gasteiger partial charge in [-0.3, -0.25) is 0 Å². The van der Waals surface area contributed by atoms with Crippen molar-refractivity contribution in [2.24, 2.45) is 0 Å². The summed E-state index contributed by atoms with van der Waals surface area (Å²) < 4.78 is 235. The first-order valence-electron chi connectivity index (χ1n) is 39.8. The molecule has 0 aliphatic rings. The van der Waals surface area contributed by atoms with Crippen molar-refractivity contribution in [3.05, 3.63) is 325 Å². The molecular weight excluding hydrogens is 1000 g/mol. The molecular formula is C82H54O. The number of furan rings is 1. The summed E-state index contributed by atoms with van der Waals surface area (Å²) in [6, 6.07) is 31.9. The van der Waals surface area contributed by atoms with Crippen LogP contribution in [0.1, 0.15) is 57.9 Å². The van der Waals surface area contributed by atoms with Crippen LogP contribution in [0, 0.1) is 0 Å². The van der Waals surface area contributed by atoms with Crippen molar-refractivity contribution in [1.29, 1.82) is 0 Å². The minimum atomic E-state index is -0.910. The maximum Gasteiger partial charge on any atom is 0.136 e. The molecule has 1 heteroatoms. The van der Waals surface area contributed by atoms with E-state index < -0.39 is 235 Å². The highest BCUT2D eigenvalue weighted by atomic mass is 16.3. The highest BCUT2D eigenvalue weighted by Crippen LogP contribution is 2.48. The number of hydrogen-bond donors (Lipinski definition) is 0. The topological polar surface area (TPSA) is 13.1 Å². The van der Waals surface area contributed by atoms with Gasteiger partial charge in [-0.05, 0) is 179 Å². The van der Waals surface area contributed by atoms with Crippen LogP contribution in [0.4, 0.5) is 0 Å². The first-order valence-corrected chi connectivity index (χ1v) is 26.8. The third-order valence-corrected chi connectivity index (χ3v) is 15.4. The fraction of sp³-hybridized carbons (Fsp3) is 0.0244. The van der Waals surface area contributed by atoms with E-state index in [-0.39, 0.29) is 11.1 Å². The number of hydrogen-bond acceptors (Lipinski definition) is 1. The summed E-state index contributed by atoms with van der Waals surface area (Å²) in [4.78, 5) is 0. The summed E-state index contributed by atoms with van der Waals surface area (Å²) in [5.74, 6) is 0. The molecule has 83 heavy (non-hydrogen) atoms. The zero-order chi connectivity index (χ0) is 77.4. The predicted octanol–water partition coefficient (Wildman–Crippen LogP) is 22.7. The molecule has 0 radical (unpaired) electrons. The number of rotatable bonds is 7. The Morgan fingerprint density at radius 2 is 0.747 bits per heavy atom. The van der Waals surface area contributed by atoms with Crippen molar-refractivity contribution >= 4 is 108 Å². The van der Waals surface area contributed by atoms with Crippen molar-refractivity contribution in [3.8, 4) is 33.4 Å².